The molecule has 2 aromatic heterocycles. The molecule has 1 N–H and O–H groups in total. The summed E-state index contributed by atoms with van der Waals surface area (Å²) in [6, 6.07) is 1.83. The molecular formula is C16H20N4O2S. The zero-order valence-electron chi connectivity index (χ0n) is 13.3. The molecule has 3 heterocycles. The van der Waals surface area contributed by atoms with Gasteiger partial charge < -0.3 is 10.1 Å². The lowest BCUT2D eigenvalue weighted by molar-refractivity contribution is 0.0779. The van der Waals surface area contributed by atoms with Gasteiger partial charge in [0.25, 0.3) is 5.91 Å². The van der Waals surface area contributed by atoms with Crippen LogP contribution in [-0.2, 0) is 11.3 Å². The SMILES string of the molecule is Cc1nc(C)c(C(=O)NCc2ccnc(C3CCCOC3)n2)s1. The van der Waals surface area contributed by atoms with E-state index in [1.807, 2.05) is 19.9 Å². The second-order valence-corrected chi connectivity index (χ2v) is 6.85. The van der Waals surface area contributed by atoms with Gasteiger partial charge in [-0.15, -0.1) is 11.3 Å². The first-order valence-corrected chi connectivity index (χ1v) is 8.57. The zero-order valence-corrected chi connectivity index (χ0v) is 14.2. The fourth-order valence-corrected chi connectivity index (χ4v) is 3.48. The van der Waals surface area contributed by atoms with Crippen molar-refractivity contribution < 1.29 is 9.53 Å². The molecule has 0 aromatic carbocycles. The van der Waals surface area contributed by atoms with Crippen molar-refractivity contribution in [2.75, 3.05) is 13.2 Å². The fraction of sp³-hybridized carbons (Fsp3) is 0.500. The number of nitrogens with one attached hydrogen (secondary N) is 1. The van der Waals surface area contributed by atoms with Crippen LogP contribution in [0.15, 0.2) is 12.3 Å². The molecule has 0 radical (unpaired) electrons. The van der Waals surface area contributed by atoms with Crippen molar-refractivity contribution in [2.45, 2.75) is 39.2 Å². The lowest BCUT2D eigenvalue weighted by atomic mass is 10.0. The number of aryl methyl sites for hydroxylation is 2. The Morgan fingerprint density at radius 2 is 2.30 bits per heavy atom. The fourth-order valence-electron chi connectivity index (χ4n) is 2.65. The van der Waals surface area contributed by atoms with E-state index in [4.69, 9.17) is 4.74 Å². The van der Waals surface area contributed by atoms with E-state index in [2.05, 4.69) is 20.3 Å². The number of carbonyl (C=O) groups excluding carboxylic acids is 1. The van der Waals surface area contributed by atoms with Gasteiger partial charge in [0, 0.05) is 18.7 Å². The highest BCUT2D eigenvalue weighted by atomic mass is 32.1. The van der Waals surface area contributed by atoms with Gasteiger partial charge in [-0.25, -0.2) is 15.0 Å². The smallest absolute Gasteiger partial charge is 0.263 e. The highest BCUT2D eigenvalue weighted by Gasteiger charge is 2.19. The summed E-state index contributed by atoms with van der Waals surface area (Å²) in [4.78, 5) is 26.1. The van der Waals surface area contributed by atoms with Crippen molar-refractivity contribution in [1.29, 1.82) is 0 Å². The summed E-state index contributed by atoms with van der Waals surface area (Å²) in [5, 5.41) is 3.81. The Hall–Kier alpha value is -1.86. The third-order valence-electron chi connectivity index (χ3n) is 3.80. The van der Waals surface area contributed by atoms with Gasteiger partial charge in [-0.05, 0) is 32.8 Å². The van der Waals surface area contributed by atoms with Crippen LogP contribution in [0.4, 0.5) is 0 Å². The van der Waals surface area contributed by atoms with Crippen LogP contribution in [0.3, 0.4) is 0 Å². The standard InChI is InChI=1S/C16H20N4O2S/c1-10-14(23-11(2)19-10)16(21)18-8-13-5-6-17-15(20-13)12-4-3-7-22-9-12/h5-6,12H,3-4,7-9H2,1-2H3,(H,18,21). The van der Waals surface area contributed by atoms with Crippen molar-refractivity contribution in [3.8, 4) is 0 Å². The molecule has 122 valence electrons. The largest absolute Gasteiger partial charge is 0.381 e. The number of hydrogen-bond donors (Lipinski definition) is 1. The number of thiazole rings is 1. The monoisotopic (exact) mass is 332 g/mol. The Morgan fingerprint density at radius 1 is 1.43 bits per heavy atom. The molecule has 1 saturated heterocycles. The normalized spacial score (nSPS) is 17.9. The highest BCUT2D eigenvalue weighted by molar-refractivity contribution is 7.13. The maximum Gasteiger partial charge on any atom is 0.263 e. The zero-order chi connectivity index (χ0) is 16.2. The Kier molecular flexibility index (Phi) is 4.97. The van der Waals surface area contributed by atoms with Crippen LogP contribution < -0.4 is 5.32 Å². The highest BCUT2D eigenvalue weighted by Crippen LogP contribution is 2.22. The summed E-state index contributed by atoms with van der Waals surface area (Å²) in [5.74, 6) is 0.960. The first-order chi connectivity index (χ1) is 11.1. The van der Waals surface area contributed by atoms with Gasteiger partial charge in [-0.3, -0.25) is 4.79 Å². The lowest BCUT2D eigenvalue weighted by Crippen LogP contribution is -2.24. The van der Waals surface area contributed by atoms with E-state index >= 15 is 0 Å². The molecular weight excluding hydrogens is 312 g/mol. The Bertz CT molecular complexity index is 695. The maximum atomic E-state index is 12.2. The number of nitrogens with zero attached hydrogens (tertiary/aromatic N) is 3. The minimum atomic E-state index is -0.103. The Balaban J connectivity index is 1.64. The van der Waals surface area contributed by atoms with E-state index in [9.17, 15) is 4.79 Å². The first kappa shape index (κ1) is 16.0. The number of ether oxygens (including phenoxy) is 1. The van der Waals surface area contributed by atoms with Gasteiger partial charge in [0.15, 0.2) is 0 Å². The average molecular weight is 332 g/mol. The van der Waals surface area contributed by atoms with Crippen molar-refractivity contribution in [1.82, 2.24) is 20.3 Å². The summed E-state index contributed by atoms with van der Waals surface area (Å²) in [7, 11) is 0. The second-order valence-electron chi connectivity index (χ2n) is 5.65. The molecule has 7 heteroatoms. The van der Waals surface area contributed by atoms with Gasteiger partial charge in [0.05, 0.1) is 29.5 Å². The Morgan fingerprint density at radius 3 is 3.00 bits per heavy atom. The molecule has 0 aliphatic carbocycles. The van der Waals surface area contributed by atoms with E-state index in [-0.39, 0.29) is 11.8 Å². The summed E-state index contributed by atoms with van der Waals surface area (Å²) >= 11 is 1.41. The van der Waals surface area contributed by atoms with E-state index < -0.39 is 0 Å². The van der Waals surface area contributed by atoms with Gasteiger partial charge in [-0.1, -0.05) is 0 Å². The summed E-state index contributed by atoms with van der Waals surface area (Å²) < 4.78 is 5.49. The second kappa shape index (κ2) is 7.14. The van der Waals surface area contributed by atoms with Crippen LogP contribution in [0.1, 0.15) is 50.7 Å². The van der Waals surface area contributed by atoms with Crippen LogP contribution in [-0.4, -0.2) is 34.1 Å². The summed E-state index contributed by atoms with van der Waals surface area (Å²) in [5.41, 5.74) is 1.58. The van der Waals surface area contributed by atoms with Crippen LogP contribution >= 0.6 is 11.3 Å². The van der Waals surface area contributed by atoms with Crippen LogP contribution in [0.5, 0.6) is 0 Å². The molecule has 3 rings (SSSR count). The third kappa shape index (κ3) is 3.92. The minimum absolute atomic E-state index is 0.103. The molecule has 1 amide bonds. The number of rotatable bonds is 4. The minimum Gasteiger partial charge on any atom is -0.381 e. The molecule has 0 spiro atoms. The lowest BCUT2D eigenvalue weighted by Gasteiger charge is -2.20. The molecule has 1 aliphatic rings. The first-order valence-electron chi connectivity index (χ1n) is 7.75. The van der Waals surface area contributed by atoms with Crippen LogP contribution in [0.25, 0.3) is 0 Å². The Labute approximate surface area is 139 Å². The van der Waals surface area contributed by atoms with Gasteiger partial charge >= 0.3 is 0 Å². The number of hydrogen-bond acceptors (Lipinski definition) is 6. The van der Waals surface area contributed by atoms with Crippen molar-refractivity contribution in [3.05, 3.63) is 39.4 Å². The van der Waals surface area contributed by atoms with E-state index in [0.29, 0.717) is 18.0 Å². The van der Waals surface area contributed by atoms with E-state index in [1.165, 1.54) is 11.3 Å². The van der Waals surface area contributed by atoms with Crippen LogP contribution in [0, 0.1) is 13.8 Å². The third-order valence-corrected chi connectivity index (χ3v) is 4.87. The number of carbonyl (C=O) groups is 1. The molecule has 1 aliphatic heterocycles. The van der Waals surface area contributed by atoms with E-state index in [1.54, 1.807) is 6.20 Å². The molecule has 1 unspecified atom stereocenters. The molecule has 1 fully saturated rings. The summed E-state index contributed by atoms with van der Waals surface area (Å²) in [6.45, 7) is 5.63. The van der Waals surface area contributed by atoms with Gasteiger partial charge in [0.1, 0.15) is 10.7 Å². The van der Waals surface area contributed by atoms with Crippen molar-refractivity contribution in [2.24, 2.45) is 0 Å². The predicted molar refractivity (Wildman–Crippen MR) is 87.6 cm³/mol. The van der Waals surface area contributed by atoms with E-state index in [0.717, 1.165) is 41.7 Å². The van der Waals surface area contributed by atoms with Crippen LogP contribution in [0.2, 0.25) is 0 Å². The number of aromatic nitrogens is 3. The molecule has 0 bridgehead atoms. The quantitative estimate of drug-likeness (QED) is 0.930. The molecule has 23 heavy (non-hydrogen) atoms. The molecule has 6 nitrogen and oxygen atoms in total. The topological polar surface area (TPSA) is 77.0 Å². The van der Waals surface area contributed by atoms with Gasteiger partial charge in [-0.2, -0.15) is 0 Å². The van der Waals surface area contributed by atoms with Gasteiger partial charge in [0.2, 0.25) is 0 Å². The summed E-state index contributed by atoms with van der Waals surface area (Å²) in [6.07, 6.45) is 3.84. The molecule has 2 aromatic rings. The number of amides is 1. The average Bonchev–Trinajstić information content (AvgIpc) is 2.92. The molecule has 1 atom stereocenters. The van der Waals surface area contributed by atoms with Crippen molar-refractivity contribution >= 4 is 17.2 Å². The predicted octanol–water partition coefficient (Wildman–Crippen LogP) is 2.37. The molecule has 0 saturated carbocycles. The van der Waals surface area contributed by atoms with Crippen molar-refractivity contribution in [3.63, 3.8) is 0 Å². The maximum absolute atomic E-state index is 12.2.